The second-order valence-electron chi connectivity index (χ2n) is 4.53. The Hall–Kier alpha value is -2.79. The van der Waals surface area contributed by atoms with Crippen molar-refractivity contribution >= 4 is 36.2 Å². The molecule has 118 valence electrons. The van der Waals surface area contributed by atoms with Gasteiger partial charge in [0, 0.05) is 5.56 Å². The van der Waals surface area contributed by atoms with Crippen LogP contribution in [0.3, 0.4) is 0 Å². The van der Waals surface area contributed by atoms with E-state index >= 15 is 0 Å². The number of nitrogens with one attached hydrogen (secondary N) is 1. The van der Waals surface area contributed by atoms with Gasteiger partial charge in [-0.3, -0.25) is 10.1 Å². The minimum atomic E-state index is -0.844. The molecule has 0 unspecified atom stereocenters. The summed E-state index contributed by atoms with van der Waals surface area (Å²) in [5.41, 5.74) is 5.17. The van der Waals surface area contributed by atoms with Crippen LogP contribution in [-0.2, 0) is 0 Å². The van der Waals surface area contributed by atoms with Gasteiger partial charge in [-0.1, -0.05) is 66.7 Å². The van der Waals surface area contributed by atoms with Crippen LogP contribution in [0.25, 0.3) is 10.8 Å². The summed E-state index contributed by atoms with van der Waals surface area (Å²) in [5.74, 6) is -0.483. The lowest BCUT2D eigenvalue weighted by molar-refractivity contribution is 0.0966. The van der Waals surface area contributed by atoms with E-state index in [1.165, 1.54) is 10.8 Å². The fourth-order valence-corrected chi connectivity index (χ4v) is 1.91. The average Bonchev–Trinajstić information content (AvgIpc) is 2.56. The van der Waals surface area contributed by atoms with Crippen LogP contribution in [0.5, 0.6) is 0 Å². The van der Waals surface area contributed by atoms with Gasteiger partial charge in [-0.15, -0.1) is 0 Å². The molecular weight excluding hydrogens is 308 g/mol. The molecule has 0 saturated carbocycles. The van der Waals surface area contributed by atoms with Gasteiger partial charge in [0.25, 0.3) is 5.91 Å². The molecule has 3 rings (SSSR count). The van der Waals surface area contributed by atoms with Crippen LogP contribution in [-0.4, -0.2) is 11.9 Å². The zero-order valence-corrected chi connectivity index (χ0v) is 13.4. The predicted molar refractivity (Wildman–Crippen MR) is 97.8 cm³/mol. The highest BCUT2D eigenvalue weighted by Crippen LogP contribution is 2.11. The van der Waals surface area contributed by atoms with Crippen molar-refractivity contribution in [3.05, 3.63) is 84.4 Å². The maximum atomic E-state index is 11.0. The van der Waals surface area contributed by atoms with E-state index in [2.05, 4.69) is 48.5 Å². The third-order valence-electron chi connectivity index (χ3n) is 2.93. The van der Waals surface area contributed by atoms with Crippen molar-refractivity contribution < 1.29 is 9.59 Å². The summed E-state index contributed by atoms with van der Waals surface area (Å²) in [6, 6.07) is 24.2. The molecule has 0 aliphatic carbocycles. The molecule has 0 spiro atoms. The molecule has 3 amide bonds. The quantitative estimate of drug-likeness (QED) is 0.719. The molecule has 0 fully saturated rings. The Morgan fingerprint density at radius 3 is 1.48 bits per heavy atom. The monoisotopic (exact) mass is 326 g/mol. The van der Waals surface area contributed by atoms with Crippen LogP contribution >= 0.6 is 13.5 Å². The number of imide groups is 1. The molecule has 3 N–H and O–H groups in total. The summed E-state index contributed by atoms with van der Waals surface area (Å²) < 4.78 is 0. The lowest BCUT2D eigenvalue weighted by Gasteiger charge is -1.98. The first-order valence-corrected chi connectivity index (χ1v) is 6.76. The molecule has 5 heteroatoms. The van der Waals surface area contributed by atoms with Crippen molar-refractivity contribution in [3.63, 3.8) is 0 Å². The van der Waals surface area contributed by atoms with Crippen molar-refractivity contribution in [1.29, 1.82) is 0 Å². The van der Waals surface area contributed by atoms with Crippen molar-refractivity contribution in [2.24, 2.45) is 5.73 Å². The van der Waals surface area contributed by atoms with Gasteiger partial charge in [0.2, 0.25) is 0 Å². The molecule has 0 aliphatic heterocycles. The smallest absolute Gasteiger partial charge is 0.319 e. The number of hydrogen-bond acceptors (Lipinski definition) is 2. The minimum Gasteiger partial charge on any atom is -0.351 e. The molecule has 0 saturated heterocycles. The van der Waals surface area contributed by atoms with Crippen LogP contribution in [0, 0.1) is 0 Å². The Labute approximate surface area is 141 Å². The summed E-state index contributed by atoms with van der Waals surface area (Å²) in [7, 11) is 0. The standard InChI is InChI=1S/C10H8.C8H8N2O2.H2S/c1-2-6-10-8-4-3-7-9(10)5-1;9-8(12)10-7(11)6-4-2-1-3-5-6;/h1-8H;1-5H,(H3,9,10,11,12);1H2. The number of hydrogen-bond donors (Lipinski definition) is 2. The largest absolute Gasteiger partial charge is 0.351 e. The number of amides is 3. The molecule has 4 nitrogen and oxygen atoms in total. The summed E-state index contributed by atoms with van der Waals surface area (Å²) in [5, 5.41) is 4.58. The van der Waals surface area contributed by atoms with Gasteiger partial charge in [0.15, 0.2) is 0 Å². The van der Waals surface area contributed by atoms with E-state index in [-0.39, 0.29) is 13.5 Å². The Morgan fingerprint density at radius 2 is 1.09 bits per heavy atom. The van der Waals surface area contributed by atoms with E-state index in [4.69, 9.17) is 5.73 Å². The Kier molecular flexibility index (Phi) is 7.36. The van der Waals surface area contributed by atoms with Crippen molar-refractivity contribution in [1.82, 2.24) is 5.32 Å². The van der Waals surface area contributed by atoms with Crippen molar-refractivity contribution in [2.45, 2.75) is 0 Å². The van der Waals surface area contributed by atoms with Crippen LogP contribution in [0.2, 0.25) is 0 Å². The second-order valence-corrected chi connectivity index (χ2v) is 4.53. The van der Waals surface area contributed by atoms with E-state index in [0.29, 0.717) is 5.56 Å². The summed E-state index contributed by atoms with van der Waals surface area (Å²) >= 11 is 0. The molecule has 0 radical (unpaired) electrons. The molecular formula is C18H18N2O2S. The molecule has 0 bridgehead atoms. The van der Waals surface area contributed by atoms with E-state index < -0.39 is 11.9 Å². The number of urea groups is 1. The number of nitrogens with two attached hydrogens (primary N) is 1. The van der Waals surface area contributed by atoms with Crippen LogP contribution in [0.15, 0.2) is 78.9 Å². The van der Waals surface area contributed by atoms with E-state index in [9.17, 15) is 9.59 Å². The predicted octanol–water partition coefficient (Wildman–Crippen LogP) is 3.45. The number of benzene rings is 3. The first kappa shape index (κ1) is 18.3. The molecule has 0 aromatic heterocycles. The van der Waals surface area contributed by atoms with Crippen LogP contribution in [0.1, 0.15) is 10.4 Å². The third kappa shape index (κ3) is 5.84. The zero-order valence-electron chi connectivity index (χ0n) is 12.4. The Bertz CT molecular complexity index is 711. The highest BCUT2D eigenvalue weighted by atomic mass is 32.1. The average molecular weight is 326 g/mol. The van der Waals surface area contributed by atoms with Gasteiger partial charge < -0.3 is 5.73 Å². The fourth-order valence-electron chi connectivity index (χ4n) is 1.91. The van der Waals surface area contributed by atoms with Gasteiger partial charge in [0.1, 0.15) is 0 Å². The van der Waals surface area contributed by atoms with Gasteiger partial charge >= 0.3 is 6.03 Å². The third-order valence-corrected chi connectivity index (χ3v) is 2.93. The zero-order chi connectivity index (χ0) is 15.8. The lowest BCUT2D eigenvalue weighted by atomic mass is 10.1. The van der Waals surface area contributed by atoms with E-state index in [0.717, 1.165) is 0 Å². The normalized spacial score (nSPS) is 9.04. The van der Waals surface area contributed by atoms with Crippen LogP contribution in [0.4, 0.5) is 4.79 Å². The number of carbonyl (C=O) groups excluding carboxylic acids is 2. The lowest BCUT2D eigenvalue weighted by Crippen LogP contribution is -2.34. The minimum absolute atomic E-state index is 0. The SMILES string of the molecule is NC(=O)NC(=O)c1ccccc1.S.c1ccc2ccccc2c1. The topological polar surface area (TPSA) is 72.2 Å². The maximum Gasteiger partial charge on any atom is 0.319 e. The van der Waals surface area contributed by atoms with Gasteiger partial charge in [-0.05, 0) is 22.9 Å². The Morgan fingerprint density at radius 1 is 0.696 bits per heavy atom. The van der Waals surface area contributed by atoms with E-state index in [1.807, 2.05) is 5.32 Å². The number of primary amides is 1. The molecule has 0 heterocycles. The molecule has 3 aromatic rings. The maximum absolute atomic E-state index is 11.0. The summed E-state index contributed by atoms with van der Waals surface area (Å²) in [6.45, 7) is 0. The molecule has 3 aromatic carbocycles. The number of fused-ring (bicyclic) bond motifs is 1. The molecule has 23 heavy (non-hydrogen) atoms. The second kappa shape index (κ2) is 9.27. The summed E-state index contributed by atoms with van der Waals surface area (Å²) in [6.07, 6.45) is 0. The highest BCUT2D eigenvalue weighted by molar-refractivity contribution is 7.59. The number of rotatable bonds is 1. The van der Waals surface area contributed by atoms with Crippen LogP contribution < -0.4 is 11.1 Å². The Balaban J connectivity index is 0.000000223. The molecule has 0 aliphatic rings. The molecule has 0 atom stereocenters. The van der Waals surface area contributed by atoms with Gasteiger partial charge in [-0.2, -0.15) is 13.5 Å². The fraction of sp³-hybridized carbons (Fsp3) is 0. The number of carbonyl (C=O) groups is 2. The first-order valence-electron chi connectivity index (χ1n) is 6.76. The first-order chi connectivity index (χ1) is 10.7. The van der Waals surface area contributed by atoms with Gasteiger partial charge in [-0.25, -0.2) is 4.79 Å². The van der Waals surface area contributed by atoms with Crippen molar-refractivity contribution in [3.8, 4) is 0 Å². The highest BCUT2D eigenvalue weighted by Gasteiger charge is 2.05. The van der Waals surface area contributed by atoms with Crippen molar-refractivity contribution in [2.75, 3.05) is 0 Å². The van der Waals surface area contributed by atoms with E-state index in [1.54, 1.807) is 30.3 Å². The summed E-state index contributed by atoms with van der Waals surface area (Å²) in [4.78, 5) is 21.3. The van der Waals surface area contributed by atoms with Gasteiger partial charge in [0.05, 0.1) is 0 Å².